The second-order valence-corrected chi connectivity index (χ2v) is 2.83. The Kier molecular flexibility index (Phi) is 5.61. The molecule has 2 nitrogen and oxygen atoms in total. The molecule has 2 aromatic carbocycles. The quantitative estimate of drug-likeness (QED) is 0.818. The van der Waals surface area contributed by atoms with E-state index in [-0.39, 0.29) is 33.8 Å². The third-order valence-electron chi connectivity index (χ3n) is 2.02. The molecule has 0 aliphatic carbocycles. The summed E-state index contributed by atoms with van der Waals surface area (Å²) in [5, 5.41) is 10.6. The Labute approximate surface area is 108 Å². The molecule has 0 fully saturated rings. The van der Waals surface area contributed by atoms with Gasteiger partial charge in [0.05, 0.1) is 5.56 Å². The molecule has 0 spiro atoms. The second kappa shape index (κ2) is 5.93. The number of benzene rings is 2. The summed E-state index contributed by atoms with van der Waals surface area (Å²) in [6, 6.07) is 12.7. The average molecular weight is 287 g/mol. The van der Waals surface area contributed by atoms with Gasteiger partial charge in [-0.1, -0.05) is 36.4 Å². The fourth-order valence-electron chi connectivity index (χ4n) is 1.41. The van der Waals surface area contributed by atoms with Crippen molar-refractivity contribution in [1.82, 2.24) is 0 Å². The van der Waals surface area contributed by atoms with E-state index < -0.39 is 5.97 Å². The second-order valence-electron chi connectivity index (χ2n) is 2.83. The SMILES string of the molecule is O=C(O)c1cccc2ccccc12.[Co].[Fe]. The number of hydrogen-bond acceptors (Lipinski definition) is 1. The minimum atomic E-state index is -0.878. The Morgan fingerprint density at radius 2 is 1.60 bits per heavy atom. The van der Waals surface area contributed by atoms with E-state index in [4.69, 9.17) is 5.11 Å². The van der Waals surface area contributed by atoms with Crippen LogP contribution in [-0.2, 0) is 33.8 Å². The minimum absolute atomic E-state index is 0. The van der Waals surface area contributed by atoms with Crippen LogP contribution in [0.15, 0.2) is 42.5 Å². The summed E-state index contributed by atoms with van der Waals surface area (Å²) in [4.78, 5) is 10.8. The Morgan fingerprint density at radius 3 is 2.27 bits per heavy atom. The van der Waals surface area contributed by atoms with Gasteiger partial charge in [-0.2, -0.15) is 0 Å². The summed E-state index contributed by atoms with van der Waals surface area (Å²) >= 11 is 0. The van der Waals surface area contributed by atoms with Crippen LogP contribution in [0.4, 0.5) is 0 Å². The molecule has 81 valence electrons. The van der Waals surface area contributed by atoms with Crippen LogP contribution in [0.5, 0.6) is 0 Å². The fourth-order valence-corrected chi connectivity index (χ4v) is 1.41. The molecule has 2 rings (SSSR count). The molecule has 0 aliphatic heterocycles. The van der Waals surface area contributed by atoms with Gasteiger partial charge in [0.2, 0.25) is 0 Å². The monoisotopic (exact) mass is 287 g/mol. The van der Waals surface area contributed by atoms with E-state index in [1.165, 1.54) is 0 Å². The maximum Gasteiger partial charge on any atom is 0.336 e. The van der Waals surface area contributed by atoms with Crippen LogP contribution in [0, 0.1) is 0 Å². The Bertz CT molecular complexity index is 466. The molecule has 15 heavy (non-hydrogen) atoms. The van der Waals surface area contributed by atoms with Crippen molar-refractivity contribution in [2.45, 2.75) is 0 Å². The van der Waals surface area contributed by atoms with Crippen LogP contribution in [0.2, 0.25) is 0 Å². The van der Waals surface area contributed by atoms with Crippen LogP contribution in [0.3, 0.4) is 0 Å². The van der Waals surface area contributed by atoms with Crippen molar-refractivity contribution in [1.29, 1.82) is 0 Å². The predicted octanol–water partition coefficient (Wildman–Crippen LogP) is 2.53. The maximum absolute atomic E-state index is 10.8. The molecule has 0 bridgehead atoms. The maximum atomic E-state index is 10.8. The zero-order chi connectivity index (χ0) is 9.26. The predicted molar refractivity (Wildman–Crippen MR) is 50.9 cm³/mol. The molecule has 2 aromatic rings. The summed E-state index contributed by atoms with van der Waals surface area (Å²) in [7, 11) is 0. The van der Waals surface area contributed by atoms with Gasteiger partial charge in [0.15, 0.2) is 0 Å². The van der Waals surface area contributed by atoms with Crippen molar-refractivity contribution in [3.63, 3.8) is 0 Å². The molecular formula is C11H8CoFeO2. The van der Waals surface area contributed by atoms with Crippen molar-refractivity contribution in [3.8, 4) is 0 Å². The first-order chi connectivity index (χ1) is 6.29. The van der Waals surface area contributed by atoms with Crippen LogP contribution < -0.4 is 0 Å². The molecule has 0 unspecified atom stereocenters. The topological polar surface area (TPSA) is 37.3 Å². The zero-order valence-corrected chi connectivity index (χ0v) is 9.73. The van der Waals surface area contributed by atoms with E-state index in [0.717, 1.165) is 10.8 Å². The van der Waals surface area contributed by atoms with Crippen molar-refractivity contribution in [2.24, 2.45) is 0 Å². The number of carboxylic acids is 1. The van der Waals surface area contributed by atoms with Crippen LogP contribution in [0.25, 0.3) is 10.8 Å². The van der Waals surface area contributed by atoms with Gasteiger partial charge in [-0.3, -0.25) is 0 Å². The first-order valence-corrected chi connectivity index (χ1v) is 4.00. The number of aromatic carboxylic acids is 1. The first-order valence-electron chi connectivity index (χ1n) is 4.00. The molecule has 0 heterocycles. The Morgan fingerprint density at radius 1 is 1.00 bits per heavy atom. The third kappa shape index (κ3) is 2.83. The molecule has 0 amide bonds. The smallest absolute Gasteiger partial charge is 0.336 e. The number of carboxylic acid groups (broad SMARTS) is 1. The summed E-state index contributed by atoms with van der Waals surface area (Å²) < 4.78 is 0. The van der Waals surface area contributed by atoms with Gasteiger partial charge in [0.25, 0.3) is 0 Å². The number of hydrogen-bond donors (Lipinski definition) is 1. The average Bonchev–Trinajstić information content (AvgIpc) is 2.17. The standard InChI is InChI=1S/C11H8O2.Co.Fe/c12-11(13)10-7-3-5-8-4-1-2-6-9(8)10;;/h1-7H,(H,12,13);;. The minimum Gasteiger partial charge on any atom is -0.478 e. The number of rotatable bonds is 1. The molecule has 0 saturated carbocycles. The third-order valence-corrected chi connectivity index (χ3v) is 2.02. The normalized spacial score (nSPS) is 8.80. The molecule has 1 N–H and O–H groups in total. The number of carbonyl (C=O) groups is 1. The molecule has 0 aliphatic rings. The van der Waals surface area contributed by atoms with E-state index in [1.54, 1.807) is 12.1 Å². The van der Waals surface area contributed by atoms with Crippen molar-refractivity contribution in [2.75, 3.05) is 0 Å². The zero-order valence-electron chi connectivity index (χ0n) is 7.58. The summed E-state index contributed by atoms with van der Waals surface area (Å²) in [5.41, 5.74) is 0.359. The summed E-state index contributed by atoms with van der Waals surface area (Å²) in [5.74, 6) is -0.878. The Balaban J connectivity index is 0.000000980. The van der Waals surface area contributed by atoms with Crippen molar-refractivity contribution in [3.05, 3.63) is 48.0 Å². The van der Waals surface area contributed by atoms with Gasteiger partial charge >= 0.3 is 5.97 Å². The molecular weight excluding hydrogens is 279 g/mol. The summed E-state index contributed by atoms with van der Waals surface area (Å²) in [6.45, 7) is 0. The molecule has 0 atom stereocenters. The van der Waals surface area contributed by atoms with Crippen molar-refractivity contribution < 1.29 is 43.7 Å². The van der Waals surface area contributed by atoms with Crippen LogP contribution in [-0.4, -0.2) is 11.1 Å². The Hall–Kier alpha value is -0.804. The van der Waals surface area contributed by atoms with E-state index >= 15 is 0 Å². The van der Waals surface area contributed by atoms with E-state index in [1.807, 2.05) is 30.3 Å². The van der Waals surface area contributed by atoms with Gasteiger partial charge in [-0.25, -0.2) is 4.79 Å². The van der Waals surface area contributed by atoms with E-state index in [0.29, 0.717) is 5.56 Å². The van der Waals surface area contributed by atoms with E-state index in [9.17, 15) is 4.79 Å². The van der Waals surface area contributed by atoms with Gasteiger partial charge in [0, 0.05) is 33.8 Å². The van der Waals surface area contributed by atoms with Gasteiger partial charge in [-0.05, 0) is 16.8 Å². The molecule has 4 heteroatoms. The van der Waals surface area contributed by atoms with Gasteiger partial charge in [-0.15, -0.1) is 0 Å². The largest absolute Gasteiger partial charge is 0.478 e. The fraction of sp³-hybridized carbons (Fsp3) is 0. The molecule has 0 saturated heterocycles. The number of fused-ring (bicyclic) bond motifs is 1. The van der Waals surface area contributed by atoms with Crippen LogP contribution in [0.1, 0.15) is 10.4 Å². The summed E-state index contributed by atoms with van der Waals surface area (Å²) in [6.07, 6.45) is 0. The molecule has 0 aromatic heterocycles. The van der Waals surface area contributed by atoms with Crippen molar-refractivity contribution >= 4 is 16.7 Å². The van der Waals surface area contributed by atoms with Gasteiger partial charge < -0.3 is 5.11 Å². The van der Waals surface area contributed by atoms with Gasteiger partial charge in [0.1, 0.15) is 0 Å². The van der Waals surface area contributed by atoms with Crippen LogP contribution >= 0.6 is 0 Å². The molecule has 1 radical (unpaired) electrons. The van der Waals surface area contributed by atoms with E-state index in [2.05, 4.69) is 0 Å². The first kappa shape index (κ1) is 14.2.